The van der Waals surface area contributed by atoms with E-state index in [9.17, 15) is 18.0 Å². The fourth-order valence-corrected chi connectivity index (χ4v) is 5.35. The Morgan fingerprint density at radius 2 is 1.70 bits per heavy atom. The molecule has 0 heterocycles. The standard InChI is InChI=1S/C28H40ClN3O4S/c1-6-25(28(34)30-20-21(2)3)31(19-17-23-12-8-7-9-13-23)27(33)16-11-18-32(37(5,35)36)26-15-10-14-24(29)22(26)4/h7-10,12-15,21,25H,6,11,16-20H2,1-5H3,(H,30,34)/t25-/m1/s1. The van der Waals surface area contributed by atoms with Gasteiger partial charge in [-0.05, 0) is 55.4 Å². The Kier molecular flexibility index (Phi) is 11.9. The van der Waals surface area contributed by atoms with Gasteiger partial charge in [0.25, 0.3) is 0 Å². The van der Waals surface area contributed by atoms with Gasteiger partial charge in [-0.1, -0.05) is 68.8 Å². The van der Waals surface area contributed by atoms with Crippen LogP contribution in [0.25, 0.3) is 0 Å². The van der Waals surface area contributed by atoms with Crippen LogP contribution in [0.4, 0.5) is 5.69 Å². The highest BCUT2D eigenvalue weighted by molar-refractivity contribution is 7.92. The lowest BCUT2D eigenvalue weighted by atomic mass is 10.1. The quantitative estimate of drug-likeness (QED) is 0.366. The first-order chi connectivity index (χ1) is 17.5. The van der Waals surface area contributed by atoms with Crippen LogP contribution in [-0.2, 0) is 26.0 Å². The SMILES string of the molecule is CC[C@H](C(=O)NCC(C)C)N(CCc1ccccc1)C(=O)CCCN(c1cccc(Cl)c1C)S(C)(=O)=O. The van der Waals surface area contributed by atoms with Gasteiger partial charge in [-0.3, -0.25) is 13.9 Å². The van der Waals surface area contributed by atoms with Gasteiger partial charge in [0, 0.05) is 31.1 Å². The topological polar surface area (TPSA) is 86.8 Å². The Hall–Kier alpha value is -2.58. The van der Waals surface area contributed by atoms with Gasteiger partial charge >= 0.3 is 0 Å². The molecule has 0 aromatic heterocycles. The fraction of sp³-hybridized carbons (Fsp3) is 0.500. The average molecular weight is 550 g/mol. The zero-order chi connectivity index (χ0) is 27.6. The van der Waals surface area contributed by atoms with Crippen LogP contribution in [0.2, 0.25) is 5.02 Å². The van der Waals surface area contributed by atoms with E-state index in [1.165, 1.54) is 4.31 Å². The number of nitrogens with one attached hydrogen (secondary N) is 1. The Balaban J connectivity index is 2.18. The van der Waals surface area contributed by atoms with Gasteiger partial charge in [-0.15, -0.1) is 0 Å². The Bertz CT molecular complexity index is 1140. The molecule has 2 aromatic rings. The third kappa shape index (κ3) is 9.34. The fourth-order valence-electron chi connectivity index (χ4n) is 4.17. The molecule has 2 aromatic carbocycles. The second-order valence-electron chi connectivity index (χ2n) is 9.71. The van der Waals surface area contributed by atoms with Gasteiger partial charge in [-0.2, -0.15) is 0 Å². The Morgan fingerprint density at radius 1 is 1.03 bits per heavy atom. The van der Waals surface area contributed by atoms with E-state index < -0.39 is 16.1 Å². The molecule has 0 unspecified atom stereocenters. The van der Waals surface area contributed by atoms with Crippen molar-refractivity contribution in [2.75, 3.05) is 30.2 Å². The van der Waals surface area contributed by atoms with E-state index in [4.69, 9.17) is 11.6 Å². The summed E-state index contributed by atoms with van der Waals surface area (Å²) in [4.78, 5) is 28.1. The van der Waals surface area contributed by atoms with Crippen molar-refractivity contribution in [3.05, 3.63) is 64.7 Å². The number of benzene rings is 2. The van der Waals surface area contributed by atoms with Crippen LogP contribution in [0.15, 0.2) is 48.5 Å². The third-order valence-electron chi connectivity index (χ3n) is 6.21. The van der Waals surface area contributed by atoms with E-state index >= 15 is 0 Å². The molecule has 0 fully saturated rings. The lowest BCUT2D eigenvalue weighted by Crippen LogP contribution is -2.50. The van der Waals surface area contributed by atoms with Crippen molar-refractivity contribution in [2.45, 2.75) is 59.4 Å². The number of sulfonamides is 1. The molecule has 0 saturated carbocycles. The summed E-state index contributed by atoms with van der Waals surface area (Å²) in [7, 11) is -3.59. The molecular weight excluding hydrogens is 510 g/mol. The maximum absolute atomic E-state index is 13.5. The number of hydrogen-bond donors (Lipinski definition) is 1. The molecule has 0 bridgehead atoms. The summed E-state index contributed by atoms with van der Waals surface area (Å²) >= 11 is 6.22. The summed E-state index contributed by atoms with van der Waals surface area (Å²) in [6, 6.07) is 14.4. The van der Waals surface area contributed by atoms with Crippen LogP contribution in [0.1, 0.15) is 51.2 Å². The zero-order valence-corrected chi connectivity index (χ0v) is 24.1. The van der Waals surface area contributed by atoms with E-state index in [0.29, 0.717) is 54.5 Å². The van der Waals surface area contributed by atoms with Crippen LogP contribution in [-0.4, -0.2) is 57.1 Å². The van der Waals surface area contributed by atoms with E-state index in [-0.39, 0.29) is 24.8 Å². The summed E-state index contributed by atoms with van der Waals surface area (Å²) in [6.45, 7) is 8.79. The number of carbonyl (C=O) groups excluding carboxylic acids is 2. The first-order valence-corrected chi connectivity index (χ1v) is 15.0. The normalized spacial score (nSPS) is 12.3. The lowest BCUT2D eigenvalue weighted by molar-refractivity contribution is -0.140. The molecule has 0 aliphatic rings. The van der Waals surface area contributed by atoms with Gasteiger partial charge in [0.1, 0.15) is 6.04 Å². The van der Waals surface area contributed by atoms with E-state index in [2.05, 4.69) is 5.32 Å². The van der Waals surface area contributed by atoms with E-state index in [1.807, 2.05) is 51.1 Å². The van der Waals surface area contributed by atoms with Crippen LogP contribution in [0, 0.1) is 12.8 Å². The summed E-state index contributed by atoms with van der Waals surface area (Å²) in [5, 5.41) is 3.44. The molecule has 0 saturated heterocycles. The molecule has 7 nitrogen and oxygen atoms in total. The van der Waals surface area contributed by atoms with E-state index in [1.54, 1.807) is 30.0 Å². The molecule has 37 heavy (non-hydrogen) atoms. The first kappa shape index (κ1) is 30.6. The maximum Gasteiger partial charge on any atom is 0.242 e. The van der Waals surface area contributed by atoms with Crippen molar-refractivity contribution in [3.8, 4) is 0 Å². The molecule has 2 rings (SSSR count). The van der Waals surface area contributed by atoms with Gasteiger partial charge in [0.05, 0.1) is 11.9 Å². The van der Waals surface area contributed by atoms with Crippen molar-refractivity contribution in [2.24, 2.45) is 5.92 Å². The minimum Gasteiger partial charge on any atom is -0.354 e. The van der Waals surface area contributed by atoms with Crippen LogP contribution >= 0.6 is 11.6 Å². The summed E-state index contributed by atoms with van der Waals surface area (Å²) in [5.41, 5.74) is 2.25. The minimum atomic E-state index is -3.59. The largest absolute Gasteiger partial charge is 0.354 e. The van der Waals surface area contributed by atoms with Gasteiger partial charge < -0.3 is 10.2 Å². The smallest absolute Gasteiger partial charge is 0.242 e. The van der Waals surface area contributed by atoms with Crippen molar-refractivity contribution < 1.29 is 18.0 Å². The van der Waals surface area contributed by atoms with Crippen molar-refractivity contribution in [3.63, 3.8) is 0 Å². The second kappa shape index (κ2) is 14.4. The van der Waals surface area contributed by atoms with E-state index in [0.717, 1.165) is 11.8 Å². The number of anilines is 1. The Labute approximate surface area is 227 Å². The van der Waals surface area contributed by atoms with Gasteiger partial charge in [0.2, 0.25) is 21.8 Å². The number of carbonyl (C=O) groups is 2. The molecule has 0 radical (unpaired) electrons. The van der Waals surface area contributed by atoms with Crippen molar-refractivity contribution in [1.29, 1.82) is 0 Å². The number of halogens is 1. The Morgan fingerprint density at radius 3 is 2.30 bits per heavy atom. The maximum atomic E-state index is 13.5. The molecule has 0 aliphatic heterocycles. The van der Waals surface area contributed by atoms with Gasteiger partial charge in [-0.25, -0.2) is 8.42 Å². The molecule has 0 aliphatic carbocycles. The molecule has 9 heteroatoms. The second-order valence-corrected chi connectivity index (χ2v) is 12.0. The highest BCUT2D eigenvalue weighted by Crippen LogP contribution is 2.28. The van der Waals surface area contributed by atoms with Crippen LogP contribution in [0.3, 0.4) is 0 Å². The molecular formula is C28H40ClN3O4S. The predicted octanol–water partition coefficient (Wildman–Crippen LogP) is 4.82. The minimum absolute atomic E-state index is 0.119. The van der Waals surface area contributed by atoms with Crippen molar-refractivity contribution >= 4 is 39.1 Å². The lowest BCUT2D eigenvalue weighted by Gasteiger charge is -2.31. The monoisotopic (exact) mass is 549 g/mol. The summed E-state index contributed by atoms with van der Waals surface area (Å²) in [5.74, 6) is -0.0319. The zero-order valence-electron chi connectivity index (χ0n) is 22.5. The number of hydrogen-bond acceptors (Lipinski definition) is 4. The van der Waals surface area contributed by atoms with Crippen LogP contribution < -0.4 is 9.62 Å². The van der Waals surface area contributed by atoms with Gasteiger partial charge in [0.15, 0.2) is 0 Å². The number of nitrogens with zero attached hydrogens (tertiary/aromatic N) is 2. The summed E-state index contributed by atoms with van der Waals surface area (Å²) < 4.78 is 26.4. The molecule has 2 amide bonds. The highest BCUT2D eigenvalue weighted by Gasteiger charge is 2.28. The van der Waals surface area contributed by atoms with Crippen molar-refractivity contribution in [1.82, 2.24) is 10.2 Å². The average Bonchev–Trinajstić information content (AvgIpc) is 2.84. The molecule has 1 atom stereocenters. The molecule has 1 N–H and O–H groups in total. The highest BCUT2D eigenvalue weighted by atomic mass is 35.5. The molecule has 0 spiro atoms. The third-order valence-corrected chi connectivity index (χ3v) is 7.80. The summed E-state index contributed by atoms with van der Waals surface area (Å²) in [6.07, 6.45) is 2.69. The first-order valence-electron chi connectivity index (χ1n) is 12.8. The number of amides is 2. The predicted molar refractivity (Wildman–Crippen MR) is 151 cm³/mol. The number of rotatable bonds is 14. The molecule has 204 valence electrons. The van der Waals surface area contributed by atoms with Crippen LogP contribution in [0.5, 0.6) is 0 Å².